The molecule has 1 heterocycles. The molecule has 154 valence electrons. The first kappa shape index (κ1) is 20.3. The van der Waals surface area contributed by atoms with Crippen LogP contribution in [0.2, 0.25) is 0 Å². The van der Waals surface area contributed by atoms with Crippen LogP contribution in [0, 0.1) is 20.8 Å². The summed E-state index contributed by atoms with van der Waals surface area (Å²) in [6.07, 6.45) is 1.73. The van der Waals surface area contributed by atoms with Crippen molar-refractivity contribution in [2.24, 2.45) is 0 Å². The van der Waals surface area contributed by atoms with Crippen molar-refractivity contribution in [3.63, 3.8) is 0 Å². The summed E-state index contributed by atoms with van der Waals surface area (Å²) in [6.45, 7) is 6.12. The molecule has 0 saturated carbocycles. The third-order valence-corrected chi connectivity index (χ3v) is 5.09. The Labute approximate surface area is 182 Å². The van der Waals surface area contributed by atoms with Crippen LogP contribution in [0.25, 0.3) is 11.4 Å². The molecule has 1 amide bonds. The van der Waals surface area contributed by atoms with Crippen molar-refractivity contribution in [3.8, 4) is 11.4 Å². The largest absolute Gasteiger partial charge is 0.340 e. The molecule has 5 heteroatoms. The zero-order chi connectivity index (χ0) is 21.8. The number of anilines is 3. The molecule has 1 aromatic heterocycles. The fourth-order valence-corrected chi connectivity index (χ4v) is 3.26. The topological polar surface area (TPSA) is 66.9 Å². The lowest BCUT2D eigenvalue weighted by Gasteiger charge is -2.10. The van der Waals surface area contributed by atoms with Crippen LogP contribution in [-0.4, -0.2) is 15.9 Å². The number of aromatic nitrogens is 2. The molecular formula is C26H24N4O. The first-order valence-corrected chi connectivity index (χ1v) is 10.1. The minimum absolute atomic E-state index is 0.157. The summed E-state index contributed by atoms with van der Waals surface area (Å²) >= 11 is 0. The van der Waals surface area contributed by atoms with Gasteiger partial charge in [0.2, 0.25) is 0 Å². The predicted molar refractivity (Wildman–Crippen MR) is 126 cm³/mol. The quantitative estimate of drug-likeness (QED) is 0.421. The van der Waals surface area contributed by atoms with E-state index in [1.807, 2.05) is 75.4 Å². The number of nitrogens with one attached hydrogen (secondary N) is 2. The second-order valence-electron chi connectivity index (χ2n) is 7.59. The van der Waals surface area contributed by atoms with Crippen LogP contribution in [0.1, 0.15) is 27.0 Å². The zero-order valence-electron chi connectivity index (χ0n) is 17.8. The van der Waals surface area contributed by atoms with Gasteiger partial charge in [0.15, 0.2) is 5.82 Å². The molecular weight excluding hydrogens is 384 g/mol. The Hall–Kier alpha value is -3.99. The van der Waals surface area contributed by atoms with Gasteiger partial charge in [0.1, 0.15) is 5.82 Å². The van der Waals surface area contributed by atoms with Crippen LogP contribution in [-0.2, 0) is 0 Å². The third kappa shape index (κ3) is 4.95. The van der Waals surface area contributed by atoms with E-state index >= 15 is 0 Å². The Morgan fingerprint density at radius 2 is 1.65 bits per heavy atom. The molecule has 0 atom stereocenters. The van der Waals surface area contributed by atoms with Crippen molar-refractivity contribution in [2.75, 3.05) is 10.6 Å². The van der Waals surface area contributed by atoms with E-state index in [2.05, 4.69) is 26.7 Å². The predicted octanol–water partition coefficient (Wildman–Crippen LogP) is 6.06. The average Bonchev–Trinajstić information content (AvgIpc) is 2.77. The number of rotatable bonds is 5. The van der Waals surface area contributed by atoms with Crippen molar-refractivity contribution in [2.45, 2.75) is 20.8 Å². The zero-order valence-corrected chi connectivity index (χ0v) is 17.8. The summed E-state index contributed by atoms with van der Waals surface area (Å²) in [5, 5.41) is 6.23. The van der Waals surface area contributed by atoms with Gasteiger partial charge in [-0.1, -0.05) is 35.9 Å². The Morgan fingerprint density at radius 3 is 2.45 bits per heavy atom. The van der Waals surface area contributed by atoms with Gasteiger partial charge < -0.3 is 10.6 Å². The van der Waals surface area contributed by atoms with Crippen molar-refractivity contribution in [1.29, 1.82) is 0 Å². The number of hydrogen-bond acceptors (Lipinski definition) is 4. The molecule has 31 heavy (non-hydrogen) atoms. The van der Waals surface area contributed by atoms with Gasteiger partial charge in [0, 0.05) is 28.7 Å². The van der Waals surface area contributed by atoms with Crippen molar-refractivity contribution in [1.82, 2.24) is 9.97 Å². The van der Waals surface area contributed by atoms with Crippen LogP contribution in [0.3, 0.4) is 0 Å². The second-order valence-corrected chi connectivity index (χ2v) is 7.59. The number of carbonyl (C=O) groups is 1. The van der Waals surface area contributed by atoms with Gasteiger partial charge >= 0.3 is 0 Å². The lowest BCUT2D eigenvalue weighted by Crippen LogP contribution is -2.12. The molecule has 0 spiro atoms. The highest BCUT2D eigenvalue weighted by Gasteiger charge is 2.09. The van der Waals surface area contributed by atoms with E-state index in [-0.39, 0.29) is 5.91 Å². The van der Waals surface area contributed by atoms with Gasteiger partial charge in [-0.2, -0.15) is 0 Å². The minimum atomic E-state index is -0.157. The van der Waals surface area contributed by atoms with E-state index in [9.17, 15) is 4.79 Å². The molecule has 0 aliphatic heterocycles. The van der Waals surface area contributed by atoms with Crippen LogP contribution < -0.4 is 10.6 Å². The van der Waals surface area contributed by atoms with E-state index in [1.165, 1.54) is 5.56 Å². The molecule has 0 aliphatic rings. The molecule has 0 aliphatic carbocycles. The Kier molecular flexibility index (Phi) is 5.76. The summed E-state index contributed by atoms with van der Waals surface area (Å²) in [4.78, 5) is 21.7. The number of aryl methyl sites for hydroxylation is 3. The van der Waals surface area contributed by atoms with E-state index in [4.69, 9.17) is 0 Å². The van der Waals surface area contributed by atoms with Gasteiger partial charge in [0.05, 0.1) is 0 Å². The van der Waals surface area contributed by atoms with Gasteiger partial charge in [-0.15, -0.1) is 0 Å². The lowest BCUT2D eigenvalue weighted by atomic mass is 10.1. The molecule has 0 unspecified atom stereocenters. The van der Waals surface area contributed by atoms with Gasteiger partial charge in [-0.05, 0) is 74.4 Å². The summed E-state index contributed by atoms with van der Waals surface area (Å²) < 4.78 is 0. The SMILES string of the molecule is Cc1cccc(-c2nccc(Nc3cccc(C(=O)Nc4ccc(C)c(C)c4)c3)n2)c1. The normalized spacial score (nSPS) is 10.5. The van der Waals surface area contributed by atoms with Crippen molar-refractivity contribution >= 4 is 23.1 Å². The average molecular weight is 409 g/mol. The highest BCUT2D eigenvalue weighted by Crippen LogP contribution is 2.21. The highest BCUT2D eigenvalue weighted by atomic mass is 16.1. The third-order valence-electron chi connectivity index (χ3n) is 5.09. The summed E-state index contributed by atoms with van der Waals surface area (Å²) in [5.41, 5.74) is 6.58. The standard InChI is InChI=1S/C26H24N4O/c1-17-6-4-7-20(14-17)25-27-13-12-24(30-25)28-22-9-5-8-21(16-22)26(31)29-23-11-10-18(2)19(3)15-23/h4-16H,1-3H3,(H,29,31)(H,27,28,30). The van der Waals surface area contributed by atoms with Gasteiger partial charge in [-0.3, -0.25) is 4.79 Å². The maximum absolute atomic E-state index is 12.7. The second kappa shape index (κ2) is 8.79. The first-order chi connectivity index (χ1) is 15.0. The fourth-order valence-electron chi connectivity index (χ4n) is 3.26. The molecule has 0 radical (unpaired) electrons. The number of benzene rings is 3. The van der Waals surface area contributed by atoms with E-state index in [0.717, 1.165) is 28.1 Å². The Morgan fingerprint density at radius 1 is 0.806 bits per heavy atom. The molecule has 4 rings (SSSR count). The first-order valence-electron chi connectivity index (χ1n) is 10.1. The summed E-state index contributed by atoms with van der Waals surface area (Å²) in [7, 11) is 0. The molecule has 3 aromatic carbocycles. The van der Waals surface area contributed by atoms with Gasteiger partial charge in [0.25, 0.3) is 5.91 Å². The number of amides is 1. The van der Waals surface area contributed by atoms with Crippen molar-refractivity contribution in [3.05, 3.63) is 101 Å². The Balaban J connectivity index is 1.51. The van der Waals surface area contributed by atoms with Gasteiger partial charge in [-0.25, -0.2) is 9.97 Å². The summed E-state index contributed by atoms with van der Waals surface area (Å²) in [6, 6.07) is 23.1. The Bertz CT molecular complexity index is 1250. The van der Waals surface area contributed by atoms with Crippen molar-refractivity contribution < 1.29 is 4.79 Å². The van der Waals surface area contributed by atoms with E-state index in [0.29, 0.717) is 17.2 Å². The van der Waals surface area contributed by atoms with Crippen LogP contribution >= 0.6 is 0 Å². The van der Waals surface area contributed by atoms with Crippen LogP contribution in [0.5, 0.6) is 0 Å². The lowest BCUT2D eigenvalue weighted by molar-refractivity contribution is 0.102. The fraction of sp³-hybridized carbons (Fsp3) is 0.115. The molecule has 0 saturated heterocycles. The highest BCUT2D eigenvalue weighted by molar-refractivity contribution is 6.04. The summed E-state index contributed by atoms with van der Waals surface area (Å²) in [5.74, 6) is 1.16. The molecule has 2 N–H and O–H groups in total. The molecule has 5 nitrogen and oxygen atoms in total. The van der Waals surface area contributed by atoms with Crippen LogP contribution in [0.4, 0.5) is 17.2 Å². The monoisotopic (exact) mass is 408 g/mol. The molecule has 0 bridgehead atoms. The maximum atomic E-state index is 12.7. The molecule has 4 aromatic rings. The number of carbonyl (C=O) groups excluding carboxylic acids is 1. The number of nitrogens with zero attached hydrogens (tertiary/aromatic N) is 2. The van der Waals surface area contributed by atoms with E-state index < -0.39 is 0 Å². The van der Waals surface area contributed by atoms with E-state index in [1.54, 1.807) is 18.3 Å². The minimum Gasteiger partial charge on any atom is -0.340 e. The smallest absolute Gasteiger partial charge is 0.255 e. The molecule has 0 fully saturated rings. The maximum Gasteiger partial charge on any atom is 0.255 e. The number of hydrogen-bond donors (Lipinski definition) is 2. The van der Waals surface area contributed by atoms with Crippen LogP contribution in [0.15, 0.2) is 79.0 Å².